The van der Waals surface area contributed by atoms with Gasteiger partial charge in [-0.05, 0) is 48.6 Å². The SMILES string of the molecule is NS(=O)(=O)c1ccc(N2CCN(CC(=O)N3CCCC3c3cccs3)CC2)cc1. The number of nitrogens with two attached hydrogens (primary N) is 1. The summed E-state index contributed by atoms with van der Waals surface area (Å²) in [5.41, 5.74) is 0.973. The lowest BCUT2D eigenvalue weighted by Crippen LogP contribution is -2.50. The van der Waals surface area contributed by atoms with E-state index in [1.165, 1.54) is 4.88 Å². The quantitative estimate of drug-likeness (QED) is 0.777. The minimum Gasteiger partial charge on any atom is -0.369 e. The maximum absolute atomic E-state index is 12.9. The number of thiophene rings is 1. The Morgan fingerprint density at radius 3 is 2.41 bits per heavy atom. The number of carbonyl (C=O) groups excluding carboxylic acids is 1. The van der Waals surface area contributed by atoms with E-state index < -0.39 is 10.0 Å². The van der Waals surface area contributed by atoms with Gasteiger partial charge in [0.1, 0.15) is 0 Å². The fourth-order valence-corrected chi connectivity index (χ4v) is 5.52. The number of likely N-dealkylation sites (tertiary alicyclic amines) is 1. The van der Waals surface area contributed by atoms with E-state index in [2.05, 4.69) is 27.3 Å². The van der Waals surface area contributed by atoms with Gasteiger partial charge in [-0.1, -0.05) is 6.07 Å². The lowest BCUT2D eigenvalue weighted by Gasteiger charge is -2.36. The molecular formula is C20H26N4O3S2. The largest absolute Gasteiger partial charge is 0.369 e. The molecular weight excluding hydrogens is 408 g/mol. The lowest BCUT2D eigenvalue weighted by molar-refractivity contribution is -0.133. The Hall–Kier alpha value is -1.94. The zero-order valence-electron chi connectivity index (χ0n) is 16.2. The van der Waals surface area contributed by atoms with Gasteiger partial charge in [0.05, 0.1) is 17.5 Å². The number of benzene rings is 1. The molecule has 1 aromatic carbocycles. The molecule has 0 bridgehead atoms. The Morgan fingerprint density at radius 1 is 1.07 bits per heavy atom. The fraction of sp³-hybridized carbons (Fsp3) is 0.450. The normalized spacial score (nSPS) is 20.9. The number of hydrogen-bond donors (Lipinski definition) is 1. The van der Waals surface area contributed by atoms with E-state index in [1.54, 1.807) is 35.6 Å². The Kier molecular flexibility index (Phi) is 5.91. The third-order valence-electron chi connectivity index (χ3n) is 5.71. The number of primary sulfonamides is 1. The maximum Gasteiger partial charge on any atom is 0.238 e. The molecule has 3 heterocycles. The predicted molar refractivity (Wildman–Crippen MR) is 114 cm³/mol. The van der Waals surface area contributed by atoms with Crippen molar-refractivity contribution in [2.24, 2.45) is 5.14 Å². The molecule has 1 aromatic heterocycles. The summed E-state index contributed by atoms with van der Waals surface area (Å²) in [7, 11) is -3.67. The minimum atomic E-state index is -3.67. The molecule has 1 amide bonds. The van der Waals surface area contributed by atoms with E-state index in [4.69, 9.17) is 5.14 Å². The van der Waals surface area contributed by atoms with Crippen LogP contribution in [0.25, 0.3) is 0 Å². The molecule has 0 radical (unpaired) electrons. The highest BCUT2D eigenvalue weighted by Crippen LogP contribution is 2.34. The Balaban J connectivity index is 1.31. The topological polar surface area (TPSA) is 87.0 Å². The third-order valence-corrected chi connectivity index (χ3v) is 7.61. The van der Waals surface area contributed by atoms with Gasteiger partial charge in [0.25, 0.3) is 0 Å². The maximum atomic E-state index is 12.9. The number of rotatable bonds is 5. The van der Waals surface area contributed by atoms with Crippen LogP contribution in [-0.2, 0) is 14.8 Å². The summed E-state index contributed by atoms with van der Waals surface area (Å²) in [6.07, 6.45) is 2.12. The molecule has 2 aliphatic rings. The second-order valence-electron chi connectivity index (χ2n) is 7.56. The van der Waals surface area contributed by atoms with Gasteiger partial charge in [-0.3, -0.25) is 9.69 Å². The molecule has 1 unspecified atom stereocenters. The van der Waals surface area contributed by atoms with Crippen LogP contribution in [0.1, 0.15) is 23.8 Å². The molecule has 156 valence electrons. The second kappa shape index (κ2) is 8.43. The first kappa shape index (κ1) is 20.3. The molecule has 7 nitrogen and oxygen atoms in total. The van der Waals surface area contributed by atoms with Gasteiger partial charge in [-0.15, -0.1) is 11.3 Å². The molecule has 29 heavy (non-hydrogen) atoms. The van der Waals surface area contributed by atoms with E-state index in [0.717, 1.165) is 51.3 Å². The minimum absolute atomic E-state index is 0.122. The molecule has 2 aliphatic heterocycles. The molecule has 2 saturated heterocycles. The predicted octanol–water partition coefficient (Wildman–Crippen LogP) is 1.88. The first-order valence-electron chi connectivity index (χ1n) is 9.85. The molecule has 9 heteroatoms. The number of carbonyl (C=O) groups is 1. The van der Waals surface area contributed by atoms with Crippen LogP contribution in [-0.4, -0.2) is 63.4 Å². The summed E-state index contributed by atoms with van der Waals surface area (Å²) in [5.74, 6) is 0.215. The highest BCUT2D eigenvalue weighted by atomic mass is 32.2. The molecule has 2 fully saturated rings. The van der Waals surface area contributed by atoms with Crippen LogP contribution in [0.5, 0.6) is 0 Å². The number of sulfonamides is 1. The van der Waals surface area contributed by atoms with Crippen molar-refractivity contribution in [2.75, 3.05) is 44.2 Å². The van der Waals surface area contributed by atoms with Crippen LogP contribution in [0.3, 0.4) is 0 Å². The average Bonchev–Trinajstić information content (AvgIpc) is 3.39. The lowest BCUT2D eigenvalue weighted by atomic mass is 10.2. The summed E-state index contributed by atoms with van der Waals surface area (Å²) in [4.78, 5) is 20.8. The second-order valence-corrected chi connectivity index (χ2v) is 10.1. The standard InChI is InChI=1S/C20H26N4O3S2/c21-29(26,27)17-7-5-16(6-8-17)23-12-10-22(11-13-23)15-20(25)24-9-1-3-18(24)19-4-2-14-28-19/h2,4-8,14,18H,1,3,9-13,15H2,(H2,21,26,27). The molecule has 4 rings (SSSR count). The molecule has 0 spiro atoms. The van der Waals surface area contributed by atoms with Gasteiger partial charge in [0.2, 0.25) is 15.9 Å². The highest BCUT2D eigenvalue weighted by Gasteiger charge is 2.31. The third kappa shape index (κ3) is 4.63. The number of hydrogen-bond acceptors (Lipinski definition) is 6. The van der Waals surface area contributed by atoms with E-state index >= 15 is 0 Å². The zero-order valence-corrected chi connectivity index (χ0v) is 17.9. The molecule has 2 aromatic rings. The van der Waals surface area contributed by atoms with Crippen molar-refractivity contribution in [1.29, 1.82) is 0 Å². The Bertz CT molecular complexity index is 937. The van der Waals surface area contributed by atoms with Crippen LogP contribution in [0.15, 0.2) is 46.7 Å². The van der Waals surface area contributed by atoms with Gasteiger partial charge in [0.15, 0.2) is 0 Å². The number of anilines is 1. The Morgan fingerprint density at radius 2 is 1.79 bits per heavy atom. The first-order valence-corrected chi connectivity index (χ1v) is 12.3. The molecule has 0 saturated carbocycles. The van der Waals surface area contributed by atoms with E-state index in [0.29, 0.717) is 6.54 Å². The first-order chi connectivity index (χ1) is 13.9. The van der Waals surface area contributed by atoms with Crippen molar-refractivity contribution in [2.45, 2.75) is 23.8 Å². The van der Waals surface area contributed by atoms with Crippen molar-refractivity contribution < 1.29 is 13.2 Å². The summed E-state index contributed by atoms with van der Waals surface area (Å²) in [6.45, 7) is 4.52. The van der Waals surface area contributed by atoms with Crippen molar-refractivity contribution in [3.63, 3.8) is 0 Å². The van der Waals surface area contributed by atoms with Gasteiger partial charge >= 0.3 is 0 Å². The number of piperazine rings is 1. The van der Waals surface area contributed by atoms with Gasteiger partial charge < -0.3 is 9.80 Å². The number of nitrogens with zero attached hydrogens (tertiary/aromatic N) is 3. The van der Waals surface area contributed by atoms with Gasteiger partial charge in [0, 0.05) is 43.3 Å². The van der Waals surface area contributed by atoms with Crippen LogP contribution in [0, 0.1) is 0 Å². The monoisotopic (exact) mass is 434 g/mol. The Labute approximate surface area is 175 Å². The summed E-state index contributed by atoms with van der Waals surface area (Å²) in [6, 6.07) is 11.1. The number of amides is 1. The van der Waals surface area contributed by atoms with Gasteiger partial charge in [-0.2, -0.15) is 0 Å². The van der Waals surface area contributed by atoms with Crippen LogP contribution < -0.4 is 10.0 Å². The molecule has 1 atom stereocenters. The van der Waals surface area contributed by atoms with Gasteiger partial charge in [-0.25, -0.2) is 13.6 Å². The zero-order chi connectivity index (χ0) is 20.4. The van der Waals surface area contributed by atoms with E-state index in [-0.39, 0.29) is 16.8 Å². The van der Waals surface area contributed by atoms with Crippen molar-refractivity contribution in [1.82, 2.24) is 9.80 Å². The molecule has 0 aliphatic carbocycles. The summed E-state index contributed by atoms with van der Waals surface area (Å²) < 4.78 is 22.8. The molecule has 2 N–H and O–H groups in total. The van der Waals surface area contributed by atoms with Crippen LogP contribution in [0.2, 0.25) is 0 Å². The van der Waals surface area contributed by atoms with Crippen LogP contribution >= 0.6 is 11.3 Å². The van der Waals surface area contributed by atoms with Crippen molar-refractivity contribution >= 4 is 33.0 Å². The summed E-state index contributed by atoms with van der Waals surface area (Å²) >= 11 is 1.73. The van der Waals surface area contributed by atoms with Crippen LogP contribution in [0.4, 0.5) is 5.69 Å². The summed E-state index contributed by atoms with van der Waals surface area (Å²) in [5, 5.41) is 7.23. The smallest absolute Gasteiger partial charge is 0.238 e. The van der Waals surface area contributed by atoms with E-state index in [9.17, 15) is 13.2 Å². The van der Waals surface area contributed by atoms with Crippen molar-refractivity contribution in [3.05, 3.63) is 46.7 Å². The van der Waals surface area contributed by atoms with E-state index in [1.807, 2.05) is 4.90 Å². The highest BCUT2D eigenvalue weighted by molar-refractivity contribution is 7.89. The fourth-order valence-electron chi connectivity index (χ4n) is 4.13. The van der Waals surface area contributed by atoms with Crippen molar-refractivity contribution in [3.8, 4) is 0 Å². The average molecular weight is 435 g/mol.